The molecule has 7 heteroatoms. The normalized spacial score (nSPS) is 15.9. The smallest absolute Gasteiger partial charge is 0.267 e. The number of hydrogen-bond acceptors (Lipinski definition) is 5. The molecule has 0 bridgehead atoms. The van der Waals surface area contributed by atoms with Crippen LogP contribution < -0.4 is 4.74 Å². The van der Waals surface area contributed by atoms with E-state index >= 15 is 0 Å². The van der Waals surface area contributed by atoms with Crippen molar-refractivity contribution < 1.29 is 14.5 Å². The molecular weight excluding hydrogens is 260 g/mol. The molecule has 18 heavy (non-hydrogen) atoms. The van der Waals surface area contributed by atoms with Crippen LogP contribution in [-0.2, 0) is 5.41 Å². The summed E-state index contributed by atoms with van der Waals surface area (Å²) in [6.45, 7) is 3.54. The number of ketones is 1. The van der Waals surface area contributed by atoms with Crippen LogP contribution in [0.15, 0.2) is 6.07 Å². The van der Waals surface area contributed by atoms with Crippen molar-refractivity contribution in [2.45, 2.75) is 19.3 Å². The molecule has 0 N–H and O–H groups in total. The van der Waals surface area contributed by atoms with E-state index in [1.54, 1.807) is 0 Å². The zero-order valence-corrected chi connectivity index (χ0v) is 10.7. The molecule has 0 aliphatic carbocycles. The van der Waals surface area contributed by atoms with E-state index in [-0.39, 0.29) is 16.3 Å². The highest BCUT2D eigenvalue weighted by atomic mass is 35.5. The third kappa shape index (κ3) is 2.15. The second-order valence-electron chi connectivity index (χ2n) is 4.76. The van der Waals surface area contributed by atoms with Gasteiger partial charge >= 0.3 is 0 Å². The number of carbonyl (C=O) groups excluding carboxylic acids is 1. The topological polar surface area (TPSA) is 82.3 Å². The van der Waals surface area contributed by atoms with Crippen LogP contribution in [0.3, 0.4) is 0 Å². The average Bonchev–Trinajstić information content (AvgIpc) is 2.54. The summed E-state index contributed by atoms with van der Waals surface area (Å²) < 4.78 is 5.42. The van der Waals surface area contributed by atoms with Crippen molar-refractivity contribution in [3.63, 3.8) is 0 Å². The molecule has 0 spiro atoms. The molecule has 0 unspecified atom stereocenters. The monoisotopic (exact) mass is 270 g/mol. The van der Waals surface area contributed by atoms with Crippen molar-refractivity contribution >= 4 is 17.4 Å². The first-order chi connectivity index (χ1) is 8.31. The molecule has 1 aromatic rings. The lowest BCUT2D eigenvalue weighted by molar-refractivity contribution is -0.465. The van der Waals surface area contributed by atoms with Crippen LogP contribution >= 0.6 is 11.6 Å². The van der Waals surface area contributed by atoms with Gasteiger partial charge in [-0.05, 0) is 6.07 Å². The first-order valence-electron chi connectivity index (χ1n) is 5.30. The summed E-state index contributed by atoms with van der Waals surface area (Å²) in [5, 5.41) is 10.4. The van der Waals surface area contributed by atoms with E-state index < -0.39 is 17.3 Å². The molecule has 0 aromatic carbocycles. The van der Waals surface area contributed by atoms with Gasteiger partial charge in [-0.15, -0.1) is 0 Å². The van der Waals surface area contributed by atoms with E-state index in [2.05, 4.69) is 4.98 Å². The number of Topliss-reactive ketones (excluding diaryl/α,β-unsaturated/α-hetero) is 1. The number of carbonyl (C=O) groups is 1. The Bertz CT molecular complexity index is 542. The number of nitro groups is 1. The minimum atomic E-state index is -0.788. The van der Waals surface area contributed by atoms with Crippen LogP contribution in [0, 0.1) is 10.1 Å². The maximum Gasteiger partial charge on any atom is 0.267 e. The number of halogens is 1. The van der Waals surface area contributed by atoms with Gasteiger partial charge in [-0.1, -0.05) is 25.4 Å². The summed E-state index contributed by atoms with van der Waals surface area (Å²) in [6.07, 6.45) is 0. The fraction of sp³-hybridized carbons (Fsp3) is 0.455. The molecule has 0 atom stereocenters. The summed E-state index contributed by atoms with van der Waals surface area (Å²) in [5.74, 6) is -0.202. The van der Waals surface area contributed by atoms with Gasteiger partial charge in [0.1, 0.15) is 5.69 Å². The number of aromatic nitrogens is 1. The molecule has 1 aromatic heterocycles. The zero-order chi connectivity index (χ0) is 13.5. The third-order valence-electron chi connectivity index (χ3n) is 2.80. The van der Waals surface area contributed by atoms with Crippen LogP contribution in [-0.4, -0.2) is 28.8 Å². The predicted octanol–water partition coefficient (Wildman–Crippen LogP) is 1.86. The molecule has 2 heterocycles. The van der Waals surface area contributed by atoms with Gasteiger partial charge in [0.15, 0.2) is 10.9 Å². The lowest BCUT2D eigenvalue weighted by atomic mass is 9.87. The van der Waals surface area contributed by atoms with Crippen molar-refractivity contribution in [1.29, 1.82) is 0 Å². The van der Waals surface area contributed by atoms with E-state index in [1.165, 1.54) is 6.07 Å². The fourth-order valence-corrected chi connectivity index (χ4v) is 2.06. The van der Waals surface area contributed by atoms with E-state index in [0.717, 1.165) is 5.56 Å². The quantitative estimate of drug-likeness (QED) is 0.362. The predicted molar refractivity (Wildman–Crippen MR) is 64.0 cm³/mol. The number of fused-ring (bicyclic) bond motifs is 1. The molecule has 0 fully saturated rings. The van der Waals surface area contributed by atoms with Gasteiger partial charge in [-0.25, -0.2) is 4.98 Å². The van der Waals surface area contributed by atoms with Gasteiger partial charge in [0.05, 0.1) is 6.61 Å². The first-order valence-corrected chi connectivity index (χ1v) is 5.68. The maximum atomic E-state index is 11.6. The minimum Gasteiger partial charge on any atom is -0.489 e. The van der Waals surface area contributed by atoms with Gasteiger partial charge in [0.25, 0.3) is 12.3 Å². The van der Waals surface area contributed by atoms with E-state index in [4.69, 9.17) is 16.3 Å². The largest absolute Gasteiger partial charge is 0.489 e. The SMILES string of the molecule is CC1(C)COc2c1cc(C(=O)C[N+](=O)[O-])nc2Cl. The number of pyridine rings is 1. The van der Waals surface area contributed by atoms with Crippen LogP contribution in [0.1, 0.15) is 29.9 Å². The van der Waals surface area contributed by atoms with E-state index in [9.17, 15) is 14.9 Å². The fourth-order valence-electron chi connectivity index (χ4n) is 1.81. The maximum absolute atomic E-state index is 11.6. The first kappa shape index (κ1) is 12.8. The lowest BCUT2D eigenvalue weighted by Crippen LogP contribution is -2.20. The molecule has 1 aliphatic heterocycles. The Balaban J connectivity index is 2.45. The molecule has 0 saturated heterocycles. The van der Waals surface area contributed by atoms with Gasteiger partial charge < -0.3 is 4.74 Å². The minimum absolute atomic E-state index is 0.00836. The Hall–Kier alpha value is -1.69. The van der Waals surface area contributed by atoms with Crippen LogP contribution in [0.25, 0.3) is 0 Å². The number of nitrogens with zero attached hydrogens (tertiary/aromatic N) is 2. The Morgan fingerprint density at radius 3 is 2.94 bits per heavy atom. The van der Waals surface area contributed by atoms with Crippen molar-refractivity contribution in [2.24, 2.45) is 0 Å². The van der Waals surface area contributed by atoms with E-state index in [1.807, 2.05) is 13.8 Å². The Labute approximate surface area is 108 Å². The van der Waals surface area contributed by atoms with Gasteiger partial charge in [-0.2, -0.15) is 0 Å². The highest BCUT2D eigenvalue weighted by Gasteiger charge is 2.35. The summed E-state index contributed by atoms with van der Waals surface area (Å²) in [5.41, 5.74) is 0.481. The molecule has 96 valence electrons. The summed E-state index contributed by atoms with van der Waals surface area (Å²) in [7, 11) is 0. The number of hydrogen-bond donors (Lipinski definition) is 0. The highest BCUT2D eigenvalue weighted by molar-refractivity contribution is 6.31. The Kier molecular flexibility index (Phi) is 2.98. The number of rotatable bonds is 3. The van der Waals surface area contributed by atoms with Crippen LogP contribution in [0.2, 0.25) is 5.15 Å². The second kappa shape index (κ2) is 4.20. The van der Waals surface area contributed by atoms with Crippen LogP contribution in [0.4, 0.5) is 0 Å². The van der Waals surface area contributed by atoms with Crippen LogP contribution in [0.5, 0.6) is 5.75 Å². The molecule has 1 aliphatic rings. The molecule has 0 radical (unpaired) electrons. The standard InChI is InChI=1S/C11H11ClN2O4/c1-11(2)5-18-9-6(11)3-7(13-10(9)12)8(15)4-14(16)17/h3H,4-5H2,1-2H3. The highest BCUT2D eigenvalue weighted by Crippen LogP contribution is 2.42. The Morgan fingerprint density at radius 2 is 2.33 bits per heavy atom. The molecular formula is C11H11ClN2O4. The summed E-state index contributed by atoms with van der Waals surface area (Å²) in [6, 6.07) is 1.53. The van der Waals surface area contributed by atoms with Crippen molar-refractivity contribution in [3.8, 4) is 5.75 Å². The van der Waals surface area contributed by atoms with Gasteiger partial charge in [0, 0.05) is 15.9 Å². The van der Waals surface area contributed by atoms with Crippen molar-refractivity contribution in [3.05, 3.63) is 32.6 Å². The molecule has 0 amide bonds. The van der Waals surface area contributed by atoms with Crippen molar-refractivity contribution in [2.75, 3.05) is 13.2 Å². The lowest BCUT2D eigenvalue weighted by Gasteiger charge is -2.15. The number of ether oxygens (including phenoxy) is 1. The van der Waals surface area contributed by atoms with Gasteiger partial charge in [-0.3, -0.25) is 14.9 Å². The van der Waals surface area contributed by atoms with Crippen molar-refractivity contribution in [1.82, 2.24) is 4.98 Å². The Morgan fingerprint density at radius 1 is 1.67 bits per heavy atom. The second-order valence-corrected chi connectivity index (χ2v) is 5.12. The van der Waals surface area contributed by atoms with Gasteiger partial charge in [0.2, 0.25) is 0 Å². The zero-order valence-electron chi connectivity index (χ0n) is 9.90. The van der Waals surface area contributed by atoms with E-state index in [0.29, 0.717) is 12.4 Å². The molecule has 2 rings (SSSR count). The molecule has 0 saturated carbocycles. The average molecular weight is 271 g/mol. The third-order valence-corrected chi connectivity index (χ3v) is 3.05. The summed E-state index contributed by atoms with van der Waals surface area (Å²) in [4.78, 5) is 25.1. The summed E-state index contributed by atoms with van der Waals surface area (Å²) >= 11 is 5.92. The molecule has 6 nitrogen and oxygen atoms in total.